The van der Waals surface area contributed by atoms with E-state index >= 15 is 0 Å². The second-order valence-corrected chi connectivity index (χ2v) is 6.68. The molecule has 0 spiro atoms. The van der Waals surface area contributed by atoms with Crippen molar-refractivity contribution >= 4 is 23.6 Å². The number of carbonyl (C=O) groups is 2. The van der Waals surface area contributed by atoms with E-state index in [-0.39, 0.29) is 13.0 Å². The number of carboxylic acids is 1. The zero-order valence-electron chi connectivity index (χ0n) is 14.2. The van der Waals surface area contributed by atoms with Crippen molar-refractivity contribution in [2.75, 3.05) is 13.7 Å². The molecule has 25 heavy (non-hydrogen) atoms. The number of nitrogens with one attached hydrogen (secondary N) is 1. The van der Waals surface area contributed by atoms with Gasteiger partial charge in [-0.2, -0.15) is 0 Å². The summed E-state index contributed by atoms with van der Waals surface area (Å²) in [5.74, 6) is -1.48. The highest BCUT2D eigenvalue weighted by atomic mass is 32.2. The van der Waals surface area contributed by atoms with Gasteiger partial charge in [0, 0.05) is 29.9 Å². The minimum atomic E-state index is -1.07. The molecule has 0 saturated heterocycles. The van der Waals surface area contributed by atoms with Gasteiger partial charge in [0.05, 0.1) is 5.56 Å². The molecule has 1 amide bonds. The van der Waals surface area contributed by atoms with Gasteiger partial charge in [0.25, 0.3) is 5.91 Å². The number of carboxylic acid groups (broad SMARTS) is 1. The maximum atomic E-state index is 12.6. The molecule has 0 fully saturated rings. The van der Waals surface area contributed by atoms with E-state index < -0.39 is 17.9 Å². The summed E-state index contributed by atoms with van der Waals surface area (Å²) in [7, 11) is 1.50. The van der Waals surface area contributed by atoms with Crippen LogP contribution in [-0.2, 0) is 9.53 Å². The first-order valence-electron chi connectivity index (χ1n) is 7.87. The molecule has 0 radical (unpaired) electrons. The number of hydrogen-bond acceptors (Lipinski definition) is 4. The third-order valence-electron chi connectivity index (χ3n) is 3.57. The van der Waals surface area contributed by atoms with Crippen LogP contribution in [0.2, 0.25) is 0 Å². The van der Waals surface area contributed by atoms with Gasteiger partial charge >= 0.3 is 5.97 Å². The van der Waals surface area contributed by atoms with E-state index in [4.69, 9.17) is 4.74 Å². The maximum absolute atomic E-state index is 12.6. The molecule has 132 valence electrons. The molecule has 2 rings (SSSR count). The highest BCUT2D eigenvalue weighted by molar-refractivity contribution is 7.99. The molecule has 2 aromatic carbocycles. The Labute approximate surface area is 151 Å². The fourth-order valence-electron chi connectivity index (χ4n) is 2.25. The van der Waals surface area contributed by atoms with Gasteiger partial charge < -0.3 is 15.2 Å². The predicted molar refractivity (Wildman–Crippen MR) is 97.1 cm³/mol. The van der Waals surface area contributed by atoms with E-state index in [9.17, 15) is 14.7 Å². The highest BCUT2D eigenvalue weighted by Crippen LogP contribution is 2.31. The van der Waals surface area contributed by atoms with Crippen molar-refractivity contribution in [3.63, 3.8) is 0 Å². The Morgan fingerprint density at radius 3 is 2.56 bits per heavy atom. The van der Waals surface area contributed by atoms with E-state index in [1.165, 1.54) is 18.9 Å². The lowest BCUT2D eigenvalue weighted by atomic mass is 10.1. The van der Waals surface area contributed by atoms with Crippen molar-refractivity contribution in [1.29, 1.82) is 0 Å². The SMILES string of the molecule is COCCC(NC(=O)c1ccc(C)cc1Sc1ccccc1)C(=O)O. The number of rotatable bonds is 8. The Hall–Kier alpha value is -2.31. The van der Waals surface area contributed by atoms with E-state index in [0.29, 0.717) is 5.56 Å². The molecule has 2 N–H and O–H groups in total. The molecule has 0 aliphatic rings. The molecule has 1 atom stereocenters. The summed E-state index contributed by atoms with van der Waals surface area (Å²) in [5, 5.41) is 11.9. The Morgan fingerprint density at radius 1 is 1.20 bits per heavy atom. The van der Waals surface area contributed by atoms with Gasteiger partial charge in [-0.15, -0.1) is 0 Å². The van der Waals surface area contributed by atoms with E-state index in [2.05, 4.69) is 5.32 Å². The lowest BCUT2D eigenvalue weighted by Crippen LogP contribution is -2.41. The Bertz CT molecular complexity index is 733. The van der Waals surface area contributed by atoms with Crippen LogP contribution in [0.25, 0.3) is 0 Å². The number of amides is 1. The highest BCUT2D eigenvalue weighted by Gasteiger charge is 2.22. The van der Waals surface area contributed by atoms with Crippen molar-refractivity contribution in [1.82, 2.24) is 5.32 Å². The molecule has 6 heteroatoms. The van der Waals surface area contributed by atoms with E-state index in [1.807, 2.05) is 49.4 Å². The van der Waals surface area contributed by atoms with Crippen molar-refractivity contribution in [2.24, 2.45) is 0 Å². The number of carbonyl (C=O) groups excluding carboxylic acids is 1. The molecular weight excluding hydrogens is 338 g/mol. The lowest BCUT2D eigenvalue weighted by molar-refractivity contribution is -0.139. The van der Waals surface area contributed by atoms with Gasteiger partial charge in [-0.05, 0) is 36.8 Å². The summed E-state index contributed by atoms with van der Waals surface area (Å²) in [5.41, 5.74) is 1.49. The van der Waals surface area contributed by atoms with Crippen LogP contribution in [0, 0.1) is 6.92 Å². The second kappa shape index (κ2) is 9.25. The van der Waals surface area contributed by atoms with Crippen molar-refractivity contribution < 1.29 is 19.4 Å². The largest absolute Gasteiger partial charge is 0.480 e. The molecular formula is C19H21NO4S. The molecule has 0 aliphatic carbocycles. The number of hydrogen-bond donors (Lipinski definition) is 2. The van der Waals surface area contributed by atoms with Gasteiger partial charge in [0.1, 0.15) is 6.04 Å². The number of aryl methyl sites for hydroxylation is 1. The van der Waals surface area contributed by atoms with Gasteiger partial charge in [0.15, 0.2) is 0 Å². The van der Waals surface area contributed by atoms with Crippen molar-refractivity contribution in [2.45, 2.75) is 29.2 Å². The zero-order valence-corrected chi connectivity index (χ0v) is 15.0. The maximum Gasteiger partial charge on any atom is 0.326 e. The number of ether oxygens (including phenoxy) is 1. The summed E-state index contributed by atoms with van der Waals surface area (Å²) in [6, 6.07) is 14.2. The van der Waals surface area contributed by atoms with Crippen LogP contribution < -0.4 is 5.32 Å². The van der Waals surface area contributed by atoms with Gasteiger partial charge in [-0.3, -0.25) is 4.79 Å². The quantitative estimate of drug-likeness (QED) is 0.756. The summed E-state index contributed by atoms with van der Waals surface area (Å²) in [4.78, 5) is 25.7. The third kappa shape index (κ3) is 5.62. The second-order valence-electron chi connectivity index (χ2n) is 5.56. The van der Waals surface area contributed by atoms with E-state index in [1.54, 1.807) is 6.07 Å². The molecule has 5 nitrogen and oxygen atoms in total. The summed E-state index contributed by atoms with van der Waals surface area (Å²) in [6.07, 6.45) is 0.213. The molecule has 0 aromatic heterocycles. The number of aliphatic carboxylic acids is 1. The minimum absolute atomic E-state index is 0.213. The summed E-state index contributed by atoms with van der Waals surface area (Å²) in [6.45, 7) is 2.21. The fraction of sp³-hybridized carbons (Fsp3) is 0.263. The first-order valence-corrected chi connectivity index (χ1v) is 8.69. The van der Waals surface area contributed by atoms with Gasteiger partial charge in [-0.1, -0.05) is 36.0 Å². The van der Waals surface area contributed by atoms with Gasteiger partial charge in [0.2, 0.25) is 0 Å². The van der Waals surface area contributed by atoms with Crippen LogP contribution >= 0.6 is 11.8 Å². The van der Waals surface area contributed by atoms with Gasteiger partial charge in [-0.25, -0.2) is 4.79 Å². The molecule has 0 heterocycles. The molecule has 0 bridgehead atoms. The van der Waals surface area contributed by atoms with Crippen LogP contribution in [0.3, 0.4) is 0 Å². The average molecular weight is 359 g/mol. The third-order valence-corrected chi connectivity index (χ3v) is 4.63. The number of methoxy groups -OCH3 is 1. The van der Waals surface area contributed by atoms with Crippen molar-refractivity contribution in [3.05, 3.63) is 59.7 Å². The normalized spacial score (nSPS) is 11.8. The van der Waals surface area contributed by atoms with E-state index in [0.717, 1.165) is 15.4 Å². The van der Waals surface area contributed by atoms with Crippen LogP contribution in [0.1, 0.15) is 22.3 Å². The molecule has 0 aliphatic heterocycles. The smallest absolute Gasteiger partial charge is 0.326 e. The van der Waals surface area contributed by atoms with Crippen LogP contribution in [0.4, 0.5) is 0 Å². The van der Waals surface area contributed by atoms with Crippen LogP contribution in [0.15, 0.2) is 58.3 Å². The predicted octanol–water partition coefficient (Wildman–Crippen LogP) is 3.37. The Morgan fingerprint density at radius 2 is 1.92 bits per heavy atom. The standard InChI is InChI=1S/C19H21NO4S/c1-13-8-9-15(17(12-13)25-14-6-4-3-5-7-14)18(21)20-16(19(22)23)10-11-24-2/h3-9,12,16H,10-11H2,1-2H3,(H,20,21)(H,22,23). The molecule has 2 aromatic rings. The number of benzene rings is 2. The molecule has 0 saturated carbocycles. The lowest BCUT2D eigenvalue weighted by Gasteiger charge is -2.16. The Balaban J connectivity index is 2.22. The minimum Gasteiger partial charge on any atom is -0.480 e. The van der Waals surface area contributed by atoms with Crippen LogP contribution in [0.5, 0.6) is 0 Å². The first kappa shape index (κ1) is 19.0. The fourth-order valence-corrected chi connectivity index (χ4v) is 3.31. The summed E-state index contributed by atoms with van der Waals surface area (Å²) >= 11 is 1.48. The zero-order chi connectivity index (χ0) is 18.2. The Kier molecular flexibility index (Phi) is 7.03. The van der Waals surface area contributed by atoms with Crippen molar-refractivity contribution in [3.8, 4) is 0 Å². The average Bonchev–Trinajstić information content (AvgIpc) is 2.59. The monoisotopic (exact) mass is 359 g/mol. The molecule has 1 unspecified atom stereocenters. The van der Waals surface area contributed by atoms with Crippen LogP contribution in [-0.4, -0.2) is 36.7 Å². The topological polar surface area (TPSA) is 75.6 Å². The summed E-state index contributed by atoms with van der Waals surface area (Å²) < 4.78 is 4.91. The first-order chi connectivity index (χ1) is 12.0.